The summed E-state index contributed by atoms with van der Waals surface area (Å²) in [4.78, 5) is 17.1. The van der Waals surface area contributed by atoms with Crippen LogP contribution in [0.5, 0.6) is 0 Å². The van der Waals surface area contributed by atoms with Crippen LogP contribution in [-0.2, 0) is 14.6 Å². The Kier molecular flexibility index (Phi) is 5.32. The first-order valence-electron chi connectivity index (χ1n) is 8.30. The fourth-order valence-electron chi connectivity index (χ4n) is 2.90. The van der Waals surface area contributed by atoms with E-state index in [0.717, 1.165) is 16.3 Å². The van der Waals surface area contributed by atoms with Gasteiger partial charge >= 0.3 is 0 Å². The van der Waals surface area contributed by atoms with Crippen LogP contribution in [0.2, 0.25) is 0 Å². The third kappa shape index (κ3) is 4.46. The summed E-state index contributed by atoms with van der Waals surface area (Å²) in [5.74, 6) is -0.837. The van der Waals surface area contributed by atoms with Crippen molar-refractivity contribution in [3.8, 4) is 0 Å². The second kappa shape index (κ2) is 7.66. The van der Waals surface area contributed by atoms with Gasteiger partial charge in [0.1, 0.15) is 9.84 Å². The van der Waals surface area contributed by atoms with E-state index < -0.39 is 15.8 Å². The van der Waals surface area contributed by atoms with Crippen LogP contribution in [0.25, 0.3) is 10.8 Å². The molecular formula is C20H20N2O3S. The number of hydrogen-bond acceptors (Lipinski definition) is 4. The van der Waals surface area contributed by atoms with Gasteiger partial charge in [-0.15, -0.1) is 0 Å². The molecule has 3 rings (SSSR count). The maximum Gasteiger partial charge on any atom is 0.232 e. The van der Waals surface area contributed by atoms with E-state index in [9.17, 15) is 13.2 Å². The van der Waals surface area contributed by atoms with Crippen molar-refractivity contribution in [3.63, 3.8) is 0 Å². The highest BCUT2D eigenvalue weighted by Crippen LogP contribution is 2.26. The Morgan fingerprint density at radius 3 is 2.46 bits per heavy atom. The highest BCUT2D eigenvalue weighted by Gasteiger charge is 2.23. The molecule has 2 aromatic carbocycles. The smallest absolute Gasteiger partial charge is 0.232 e. The zero-order valence-electron chi connectivity index (χ0n) is 14.4. The van der Waals surface area contributed by atoms with Crippen molar-refractivity contribution in [2.45, 2.75) is 12.3 Å². The largest absolute Gasteiger partial charge is 0.324 e. The van der Waals surface area contributed by atoms with E-state index in [1.165, 1.54) is 6.26 Å². The number of carbonyl (C=O) groups excluding carboxylic acids is 1. The maximum atomic E-state index is 12.9. The molecule has 0 fully saturated rings. The minimum absolute atomic E-state index is 0.0478. The van der Waals surface area contributed by atoms with Crippen LogP contribution < -0.4 is 5.32 Å². The second-order valence-electron chi connectivity index (χ2n) is 6.28. The van der Waals surface area contributed by atoms with Gasteiger partial charge in [0, 0.05) is 23.2 Å². The molecule has 1 unspecified atom stereocenters. The Bertz CT molecular complexity index is 1010. The fraction of sp³-hybridized carbons (Fsp3) is 0.200. The molecule has 0 aliphatic heterocycles. The van der Waals surface area contributed by atoms with E-state index in [0.29, 0.717) is 5.69 Å². The number of anilines is 1. The van der Waals surface area contributed by atoms with E-state index in [-0.39, 0.29) is 18.1 Å². The number of sulfone groups is 1. The summed E-state index contributed by atoms with van der Waals surface area (Å²) in [7, 11) is -3.16. The van der Waals surface area contributed by atoms with Crippen LogP contribution in [0.4, 0.5) is 5.69 Å². The summed E-state index contributed by atoms with van der Waals surface area (Å²) in [6, 6.07) is 16.9. The number of nitrogens with zero attached hydrogens (tertiary/aromatic N) is 1. The second-order valence-corrected chi connectivity index (χ2v) is 8.54. The molecule has 1 aromatic heterocycles. The van der Waals surface area contributed by atoms with Gasteiger partial charge in [0.15, 0.2) is 0 Å². The van der Waals surface area contributed by atoms with Crippen molar-refractivity contribution >= 4 is 32.2 Å². The van der Waals surface area contributed by atoms with Gasteiger partial charge in [-0.25, -0.2) is 8.42 Å². The van der Waals surface area contributed by atoms with Crippen LogP contribution in [0, 0.1) is 0 Å². The quantitative estimate of drug-likeness (QED) is 0.723. The molecule has 0 spiro atoms. The molecule has 1 heterocycles. The van der Waals surface area contributed by atoms with Crippen molar-refractivity contribution < 1.29 is 13.2 Å². The summed E-state index contributed by atoms with van der Waals surface area (Å²) < 4.78 is 23.2. The van der Waals surface area contributed by atoms with E-state index in [2.05, 4.69) is 10.3 Å². The lowest BCUT2D eigenvalue weighted by Crippen LogP contribution is -2.23. The molecule has 0 bridgehead atoms. The van der Waals surface area contributed by atoms with Crippen LogP contribution in [0.15, 0.2) is 67.0 Å². The Balaban J connectivity index is 1.89. The molecule has 0 aliphatic carbocycles. The number of benzene rings is 2. The van der Waals surface area contributed by atoms with E-state index in [1.54, 1.807) is 12.4 Å². The molecule has 0 aliphatic rings. The van der Waals surface area contributed by atoms with Crippen molar-refractivity contribution in [1.29, 1.82) is 0 Å². The molecule has 0 saturated heterocycles. The summed E-state index contributed by atoms with van der Waals surface area (Å²) in [6.07, 6.45) is 4.76. The Labute approximate surface area is 153 Å². The van der Waals surface area contributed by atoms with Gasteiger partial charge in [-0.2, -0.15) is 0 Å². The molecule has 26 heavy (non-hydrogen) atoms. The summed E-state index contributed by atoms with van der Waals surface area (Å²) in [6.45, 7) is 0. The van der Waals surface area contributed by atoms with Gasteiger partial charge in [-0.3, -0.25) is 9.78 Å². The van der Waals surface area contributed by atoms with Crippen LogP contribution >= 0.6 is 0 Å². The molecule has 1 amide bonds. The SMILES string of the molecule is CS(=O)(=O)CCC(C(=O)Nc1cncc2ccccc12)c1ccccc1. The monoisotopic (exact) mass is 368 g/mol. The van der Waals surface area contributed by atoms with Crippen LogP contribution in [0.1, 0.15) is 17.9 Å². The first-order chi connectivity index (χ1) is 12.4. The van der Waals surface area contributed by atoms with Crippen molar-refractivity contribution in [3.05, 3.63) is 72.6 Å². The van der Waals surface area contributed by atoms with Gasteiger partial charge in [-0.05, 0) is 12.0 Å². The molecule has 3 aromatic rings. The third-order valence-electron chi connectivity index (χ3n) is 4.22. The topological polar surface area (TPSA) is 76.1 Å². The first-order valence-corrected chi connectivity index (χ1v) is 10.4. The average molecular weight is 368 g/mol. The lowest BCUT2D eigenvalue weighted by Gasteiger charge is -2.17. The van der Waals surface area contributed by atoms with Crippen LogP contribution in [-0.4, -0.2) is 31.3 Å². The van der Waals surface area contributed by atoms with Crippen molar-refractivity contribution in [2.75, 3.05) is 17.3 Å². The number of carbonyl (C=O) groups is 1. The van der Waals surface area contributed by atoms with Crippen molar-refractivity contribution in [1.82, 2.24) is 4.98 Å². The zero-order chi connectivity index (χ0) is 18.6. The van der Waals surface area contributed by atoms with Gasteiger partial charge in [0.2, 0.25) is 5.91 Å². The molecule has 1 N–H and O–H groups in total. The third-order valence-corrected chi connectivity index (χ3v) is 5.20. The van der Waals surface area contributed by atoms with Gasteiger partial charge < -0.3 is 5.32 Å². The molecule has 5 nitrogen and oxygen atoms in total. The summed E-state index contributed by atoms with van der Waals surface area (Å²) in [5, 5.41) is 4.75. The Morgan fingerprint density at radius 1 is 1.04 bits per heavy atom. The number of rotatable bonds is 6. The summed E-state index contributed by atoms with van der Waals surface area (Å²) >= 11 is 0. The highest BCUT2D eigenvalue weighted by molar-refractivity contribution is 7.90. The van der Waals surface area contributed by atoms with Gasteiger partial charge in [-0.1, -0.05) is 54.6 Å². The minimum atomic E-state index is -3.16. The number of aromatic nitrogens is 1. The fourth-order valence-corrected chi connectivity index (χ4v) is 3.57. The zero-order valence-corrected chi connectivity index (χ0v) is 15.2. The lowest BCUT2D eigenvalue weighted by molar-refractivity contribution is -0.117. The van der Waals surface area contributed by atoms with Crippen LogP contribution in [0.3, 0.4) is 0 Å². The number of fused-ring (bicyclic) bond motifs is 1. The minimum Gasteiger partial charge on any atom is -0.324 e. The Morgan fingerprint density at radius 2 is 1.73 bits per heavy atom. The predicted octanol–water partition coefficient (Wildman–Crippen LogP) is 3.39. The lowest BCUT2D eigenvalue weighted by atomic mass is 9.95. The van der Waals surface area contributed by atoms with Crippen molar-refractivity contribution in [2.24, 2.45) is 0 Å². The standard InChI is InChI=1S/C20H20N2O3S/c1-26(24,25)12-11-18(15-7-3-2-4-8-15)20(23)22-19-14-21-13-16-9-5-6-10-17(16)19/h2-10,13-14,18H,11-12H2,1H3,(H,22,23). The molecule has 134 valence electrons. The van der Waals surface area contributed by atoms with E-state index in [1.807, 2.05) is 54.6 Å². The maximum absolute atomic E-state index is 12.9. The molecule has 6 heteroatoms. The molecule has 1 atom stereocenters. The molecule has 0 radical (unpaired) electrons. The number of hydrogen-bond donors (Lipinski definition) is 1. The predicted molar refractivity (Wildman–Crippen MR) is 104 cm³/mol. The first kappa shape index (κ1) is 18.1. The van der Waals surface area contributed by atoms with E-state index in [4.69, 9.17) is 0 Å². The average Bonchev–Trinajstić information content (AvgIpc) is 2.62. The Hall–Kier alpha value is -2.73. The normalized spacial score (nSPS) is 12.7. The molecular weight excluding hydrogens is 348 g/mol. The van der Waals surface area contributed by atoms with Gasteiger partial charge in [0.25, 0.3) is 0 Å². The number of amides is 1. The van der Waals surface area contributed by atoms with E-state index >= 15 is 0 Å². The molecule has 0 saturated carbocycles. The number of nitrogens with one attached hydrogen (secondary N) is 1. The number of pyridine rings is 1. The summed E-state index contributed by atoms with van der Waals surface area (Å²) in [5.41, 5.74) is 1.41. The van der Waals surface area contributed by atoms with Gasteiger partial charge in [0.05, 0.1) is 23.6 Å². The highest BCUT2D eigenvalue weighted by atomic mass is 32.2.